The zero-order valence-electron chi connectivity index (χ0n) is 22.4. The second-order valence-corrected chi connectivity index (χ2v) is 9.77. The summed E-state index contributed by atoms with van der Waals surface area (Å²) in [6, 6.07) is 0. The number of halogens is 3. The van der Waals surface area contributed by atoms with Crippen molar-refractivity contribution in [2.45, 2.75) is 92.4 Å². The van der Waals surface area contributed by atoms with Crippen molar-refractivity contribution in [3.8, 4) is 0 Å². The van der Waals surface area contributed by atoms with Gasteiger partial charge in [0, 0.05) is 24.0 Å². The van der Waals surface area contributed by atoms with Gasteiger partial charge >= 0.3 is 0 Å². The van der Waals surface area contributed by atoms with E-state index in [0.717, 1.165) is 24.9 Å². The van der Waals surface area contributed by atoms with Crippen LogP contribution in [0.1, 0.15) is 74.7 Å². The lowest BCUT2D eigenvalue weighted by Gasteiger charge is -2.38. The highest BCUT2D eigenvalue weighted by Crippen LogP contribution is 2.32. The fourth-order valence-corrected chi connectivity index (χ4v) is 3.83. The second-order valence-electron chi connectivity index (χ2n) is 9.77. The first kappa shape index (κ1) is 33.5. The Morgan fingerprint density at radius 1 is 1.00 bits per heavy atom. The first-order valence-corrected chi connectivity index (χ1v) is 11.9. The Bertz CT molecular complexity index is 492. The van der Waals surface area contributed by atoms with E-state index in [9.17, 15) is 13.2 Å². The van der Waals surface area contributed by atoms with Crippen LogP contribution in [-0.4, -0.2) is 81.4 Å². The maximum atomic E-state index is 12.4. The molecule has 194 valence electrons. The lowest BCUT2D eigenvalue weighted by Crippen LogP contribution is -2.43. The van der Waals surface area contributed by atoms with Crippen LogP contribution in [0, 0.1) is 5.41 Å². The van der Waals surface area contributed by atoms with Crippen molar-refractivity contribution in [3.05, 3.63) is 11.9 Å². The second kappa shape index (κ2) is 17.8. The summed E-state index contributed by atoms with van der Waals surface area (Å²) in [7, 11) is 4.22. The van der Waals surface area contributed by atoms with Crippen molar-refractivity contribution in [2.75, 3.05) is 53.9 Å². The molecule has 0 aromatic carbocycles. The summed E-state index contributed by atoms with van der Waals surface area (Å²) in [5, 5.41) is 0. The van der Waals surface area contributed by atoms with Crippen molar-refractivity contribution in [1.82, 2.24) is 9.80 Å². The molecule has 0 bridgehead atoms. The number of rotatable bonds is 6. The van der Waals surface area contributed by atoms with Gasteiger partial charge in [-0.1, -0.05) is 20.8 Å². The molecule has 2 saturated heterocycles. The van der Waals surface area contributed by atoms with Crippen LogP contribution >= 0.6 is 0 Å². The van der Waals surface area contributed by atoms with Gasteiger partial charge in [0.05, 0.1) is 31.8 Å². The van der Waals surface area contributed by atoms with Crippen molar-refractivity contribution in [2.24, 2.45) is 5.41 Å². The van der Waals surface area contributed by atoms with E-state index in [2.05, 4.69) is 44.5 Å². The van der Waals surface area contributed by atoms with Crippen LogP contribution in [0.3, 0.4) is 0 Å². The van der Waals surface area contributed by atoms with Gasteiger partial charge in [0.1, 0.15) is 0 Å². The summed E-state index contributed by atoms with van der Waals surface area (Å²) >= 11 is 0. The van der Waals surface area contributed by atoms with Crippen molar-refractivity contribution in [3.63, 3.8) is 0 Å². The molecule has 0 N–H and O–H groups in total. The molecule has 0 aromatic rings. The van der Waals surface area contributed by atoms with Crippen LogP contribution in [0.2, 0.25) is 0 Å². The van der Waals surface area contributed by atoms with Gasteiger partial charge in [-0.05, 0) is 80.1 Å². The number of ether oxygens (including phenoxy) is 2. The standard InChI is InChI=1S/C11H20FNO.C11H23NO.C2H6.CH2F2/c1-9(2)14-8-11(3)5-10(6-12)7-13(11)4;1-10(2)13-9-11(3)6-5-7-12(4)8-11;1-2;2-1-3/h6,9H,5,7-8H2,1-4H3;10H,5-9H2,1-4H3;1-2H3;1H2/b10-6+;;;. The summed E-state index contributed by atoms with van der Waals surface area (Å²) in [6.45, 7) is 19.7. The Labute approximate surface area is 196 Å². The van der Waals surface area contributed by atoms with Crippen LogP contribution in [0.4, 0.5) is 13.2 Å². The highest BCUT2D eigenvalue weighted by atomic mass is 19.3. The average molecular weight is 469 g/mol. The topological polar surface area (TPSA) is 24.9 Å². The molecule has 2 aliphatic rings. The van der Waals surface area contributed by atoms with Crippen LogP contribution < -0.4 is 0 Å². The minimum Gasteiger partial charge on any atom is -0.378 e. The van der Waals surface area contributed by atoms with Gasteiger partial charge in [-0.3, -0.25) is 4.90 Å². The Balaban J connectivity index is 0. The summed E-state index contributed by atoms with van der Waals surface area (Å²) in [5.74, 6) is 0. The molecule has 0 aromatic heterocycles. The van der Waals surface area contributed by atoms with Gasteiger partial charge in [0.15, 0.2) is 0 Å². The first-order valence-electron chi connectivity index (χ1n) is 11.9. The Morgan fingerprint density at radius 2 is 1.50 bits per heavy atom. The normalized spacial score (nSPS) is 27.4. The number of nitrogens with zero attached hydrogens (tertiary/aromatic N) is 2. The van der Waals surface area contributed by atoms with Gasteiger partial charge in [0.2, 0.25) is 6.93 Å². The average Bonchev–Trinajstić information content (AvgIpc) is 3.02. The van der Waals surface area contributed by atoms with E-state index in [-0.39, 0.29) is 11.6 Å². The number of alkyl halides is 2. The van der Waals surface area contributed by atoms with Gasteiger partial charge in [0.25, 0.3) is 0 Å². The fourth-order valence-electron chi connectivity index (χ4n) is 3.83. The minimum absolute atomic E-state index is 0.0395. The Morgan fingerprint density at radius 3 is 1.91 bits per heavy atom. The minimum atomic E-state index is -1.75. The molecule has 2 heterocycles. The maximum Gasteiger partial charge on any atom is 0.229 e. The molecule has 0 aliphatic carbocycles. The summed E-state index contributed by atoms with van der Waals surface area (Å²) < 4.78 is 42.9. The van der Waals surface area contributed by atoms with Crippen LogP contribution in [0.15, 0.2) is 11.9 Å². The number of hydrogen-bond donors (Lipinski definition) is 0. The van der Waals surface area contributed by atoms with E-state index >= 15 is 0 Å². The summed E-state index contributed by atoms with van der Waals surface area (Å²) in [6.07, 6.45) is 4.73. The molecule has 4 nitrogen and oxygen atoms in total. The predicted octanol–water partition coefficient (Wildman–Crippen LogP) is 6.41. The Kier molecular flexibility index (Phi) is 18.7. The first-order chi connectivity index (χ1) is 14.9. The van der Waals surface area contributed by atoms with E-state index in [1.165, 1.54) is 25.9 Å². The molecule has 2 rings (SSSR count). The molecule has 32 heavy (non-hydrogen) atoms. The molecular weight excluding hydrogens is 417 g/mol. The molecule has 0 radical (unpaired) electrons. The highest BCUT2D eigenvalue weighted by Gasteiger charge is 2.37. The van der Waals surface area contributed by atoms with E-state index in [0.29, 0.717) is 24.7 Å². The van der Waals surface area contributed by atoms with Gasteiger partial charge in [-0.25, -0.2) is 13.2 Å². The predicted molar refractivity (Wildman–Crippen MR) is 130 cm³/mol. The third kappa shape index (κ3) is 14.5. The summed E-state index contributed by atoms with van der Waals surface area (Å²) in [4.78, 5) is 4.56. The lowest BCUT2D eigenvalue weighted by atomic mass is 9.83. The molecule has 0 amide bonds. The third-order valence-electron chi connectivity index (χ3n) is 5.59. The molecule has 2 fully saturated rings. The molecule has 0 spiro atoms. The molecule has 2 atom stereocenters. The maximum absolute atomic E-state index is 12.4. The van der Waals surface area contributed by atoms with E-state index < -0.39 is 6.93 Å². The van der Waals surface area contributed by atoms with E-state index in [4.69, 9.17) is 9.47 Å². The monoisotopic (exact) mass is 468 g/mol. The molecule has 7 heteroatoms. The van der Waals surface area contributed by atoms with E-state index in [1.807, 2.05) is 34.7 Å². The summed E-state index contributed by atoms with van der Waals surface area (Å²) in [5.41, 5.74) is 1.21. The molecule has 2 unspecified atom stereocenters. The lowest BCUT2D eigenvalue weighted by molar-refractivity contribution is -0.0164. The quantitative estimate of drug-likeness (QED) is 0.450. The number of likely N-dealkylation sites (N-methyl/N-ethyl adjacent to an activating group) is 1. The smallest absolute Gasteiger partial charge is 0.229 e. The molecule has 0 saturated carbocycles. The number of hydrogen-bond acceptors (Lipinski definition) is 4. The molecule has 2 aliphatic heterocycles. The molecular formula is C25H51F3N2O2. The Hall–Kier alpha value is -0.630. The number of piperidine rings is 1. The van der Waals surface area contributed by atoms with Crippen molar-refractivity contribution >= 4 is 0 Å². The number of likely N-dealkylation sites (tertiary alicyclic amines) is 2. The van der Waals surface area contributed by atoms with Gasteiger partial charge < -0.3 is 14.4 Å². The SMILES string of the molecule is CC.CC(C)OCC1(C)C/C(=C\F)CN1C.CC(C)OCC1(C)CCCN(C)C1.FCF. The van der Waals surface area contributed by atoms with Crippen LogP contribution in [0.5, 0.6) is 0 Å². The van der Waals surface area contributed by atoms with Gasteiger partial charge in [-0.15, -0.1) is 0 Å². The van der Waals surface area contributed by atoms with Crippen LogP contribution in [0.25, 0.3) is 0 Å². The fraction of sp³-hybridized carbons (Fsp3) is 0.920. The van der Waals surface area contributed by atoms with E-state index in [1.54, 1.807) is 0 Å². The zero-order valence-corrected chi connectivity index (χ0v) is 22.4. The van der Waals surface area contributed by atoms with Gasteiger partial charge in [-0.2, -0.15) is 0 Å². The largest absolute Gasteiger partial charge is 0.378 e. The zero-order chi connectivity index (χ0) is 25.4. The highest BCUT2D eigenvalue weighted by molar-refractivity contribution is 5.14. The van der Waals surface area contributed by atoms with Crippen LogP contribution in [-0.2, 0) is 9.47 Å². The van der Waals surface area contributed by atoms with Crippen molar-refractivity contribution < 1.29 is 22.6 Å². The third-order valence-corrected chi connectivity index (χ3v) is 5.59. The van der Waals surface area contributed by atoms with Crippen molar-refractivity contribution in [1.29, 1.82) is 0 Å².